The number of hydrazine groups is 2. The number of benzene rings is 3. The zero-order valence-electron chi connectivity index (χ0n) is 14.9. The van der Waals surface area contributed by atoms with Gasteiger partial charge in [0.1, 0.15) is 11.5 Å². The predicted molar refractivity (Wildman–Crippen MR) is 132 cm³/mol. The SMILES string of the molecule is Cc1cc(Br)c(Cl)c(N(Nc2cc(F)cc(Br)c2F)Nc2cc(Cl)cc(Br)c2Cl)c1. The van der Waals surface area contributed by atoms with Crippen molar-refractivity contribution in [3.8, 4) is 0 Å². The van der Waals surface area contributed by atoms with E-state index in [0.717, 1.165) is 17.7 Å². The van der Waals surface area contributed by atoms with E-state index < -0.39 is 11.6 Å². The second kappa shape index (κ2) is 9.79. The summed E-state index contributed by atoms with van der Waals surface area (Å²) in [6.45, 7) is 1.87. The summed E-state index contributed by atoms with van der Waals surface area (Å²) in [5, 5.41) is 2.39. The van der Waals surface area contributed by atoms with Gasteiger partial charge in [0.2, 0.25) is 0 Å². The molecule has 0 saturated heterocycles. The van der Waals surface area contributed by atoms with Gasteiger partial charge < -0.3 is 0 Å². The predicted octanol–water partition coefficient (Wildman–Crippen LogP) is 9.38. The van der Waals surface area contributed by atoms with Crippen LogP contribution in [0, 0.1) is 18.6 Å². The zero-order valence-corrected chi connectivity index (χ0v) is 22.0. The molecule has 0 aliphatic rings. The van der Waals surface area contributed by atoms with E-state index in [9.17, 15) is 8.78 Å². The normalized spacial score (nSPS) is 10.8. The lowest BCUT2D eigenvalue weighted by atomic mass is 10.2. The molecule has 0 heterocycles. The average molecular weight is 665 g/mol. The van der Waals surface area contributed by atoms with Gasteiger partial charge in [-0.3, -0.25) is 10.9 Å². The summed E-state index contributed by atoms with van der Waals surface area (Å²) in [4.78, 5) is 0. The topological polar surface area (TPSA) is 27.3 Å². The zero-order chi connectivity index (χ0) is 22.2. The number of aryl methyl sites for hydroxylation is 1. The summed E-state index contributed by atoms with van der Waals surface area (Å²) >= 11 is 28.7. The Bertz CT molecular complexity index is 1070. The largest absolute Gasteiger partial charge is 0.278 e. The smallest absolute Gasteiger partial charge is 0.162 e. The molecule has 11 heteroatoms. The van der Waals surface area contributed by atoms with Crippen LogP contribution in [0.1, 0.15) is 5.56 Å². The minimum absolute atomic E-state index is 0.0370. The van der Waals surface area contributed by atoms with Crippen LogP contribution in [0.25, 0.3) is 0 Å². The van der Waals surface area contributed by atoms with E-state index in [-0.39, 0.29) is 10.2 Å². The van der Waals surface area contributed by atoms with Gasteiger partial charge in [0, 0.05) is 20.0 Å². The lowest BCUT2D eigenvalue weighted by Gasteiger charge is -2.30. The Hall–Kier alpha value is -0.770. The molecule has 0 amide bonds. The molecule has 0 bridgehead atoms. The van der Waals surface area contributed by atoms with Crippen molar-refractivity contribution in [2.45, 2.75) is 6.92 Å². The van der Waals surface area contributed by atoms with Gasteiger partial charge in [-0.2, -0.15) is 5.12 Å². The average Bonchev–Trinajstić information content (AvgIpc) is 2.65. The molecular weight excluding hydrogens is 654 g/mol. The Balaban J connectivity index is 2.13. The van der Waals surface area contributed by atoms with E-state index in [1.165, 1.54) is 5.12 Å². The molecule has 30 heavy (non-hydrogen) atoms. The number of hydrogen-bond acceptors (Lipinski definition) is 3. The minimum Gasteiger partial charge on any atom is -0.278 e. The van der Waals surface area contributed by atoms with Crippen molar-refractivity contribution in [2.24, 2.45) is 0 Å². The van der Waals surface area contributed by atoms with Crippen LogP contribution in [-0.4, -0.2) is 0 Å². The van der Waals surface area contributed by atoms with Crippen molar-refractivity contribution in [3.63, 3.8) is 0 Å². The number of nitrogens with one attached hydrogen (secondary N) is 2. The summed E-state index contributed by atoms with van der Waals surface area (Å²) in [7, 11) is 0. The Morgan fingerprint density at radius 2 is 1.40 bits per heavy atom. The first-order valence-electron chi connectivity index (χ1n) is 8.15. The molecule has 3 aromatic carbocycles. The van der Waals surface area contributed by atoms with Crippen molar-refractivity contribution in [3.05, 3.63) is 82.1 Å². The van der Waals surface area contributed by atoms with E-state index in [0.29, 0.717) is 35.4 Å². The van der Waals surface area contributed by atoms with Crippen LogP contribution in [0.3, 0.4) is 0 Å². The number of nitrogens with zero attached hydrogens (tertiary/aromatic N) is 1. The second-order valence-electron chi connectivity index (χ2n) is 6.14. The van der Waals surface area contributed by atoms with Gasteiger partial charge in [0.05, 0.1) is 25.9 Å². The van der Waals surface area contributed by atoms with Gasteiger partial charge in [-0.15, -0.1) is 0 Å². The molecule has 0 unspecified atom stereocenters. The molecule has 158 valence electrons. The maximum absolute atomic E-state index is 14.6. The fraction of sp³-hybridized carbons (Fsp3) is 0.0526. The molecule has 0 aliphatic heterocycles. The van der Waals surface area contributed by atoms with Gasteiger partial charge >= 0.3 is 0 Å². The molecule has 3 rings (SSSR count). The Morgan fingerprint density at radius 1 is 0.767 bits per heavy atom. The van der Waals surface area contributed by atoms with Crippen LogP contribution in [0.4, 0.5) is 25.8 Å². The summed E-state index contributed by atoms with van der Waals surface area (Å²) in [6.07, 6.45) is 0. The fourth-order valence-electron chi connectivity index (χ4n) is 2.53. The number of halogens is 8. The van der Waals surface area contributed by atoms with Crippen molar-refractivity contribution >= 4 is 99.7 Å². The van der Waals surface area contributed by atoms with E-state index in [2.05, 4.69) is 58.6 Å². The molecule has 0 spiro atoms. The van der Waals surface area contributed by atoms with Gasteiger partial charge in [0.15, 0.2) is 5.82 Å². The van der Waals surface area contributed by atoms with Crippen LogP contribution in [0.15, 0.2) is 49.8 Å². The molecule has 0 fully saturated rings. The maximum Gasteiger partial charge on any atom is 0.162 e. The van der Waals surface area contributed by atoms with E-state index >= 15 is 0 Å². The third-order valence-corrected chi connectivity index (χ3v) is 7.15. The molecule has 0 aliphatic carbocycles. The van der Waals surface area contributed by atoms with E-state index in [4.69, 9.17) is 34.8 Å². The number of anilines is 3. The summed E-state index contributed by atoms with van der Waals surface area (Å²) in [5.74, 6) is -1.32. The highest BCUT2D eigenvalue weighted by molar-refractivity contribution is 9.11. The van der Waals surface area contributed by atoms with Gasteiger partial charge in [-0.25, -0.2) is 8.78 Å². The third-order valence-electron chi connectivity index (χ3n) is 3.84. The Labute approximate surface area is 212 Å². The summed E-state index contributed by atoms with van der Waals surface area (Å²) < 4.78 is 29.7. The van der Waals surface area contributed by atoms with Crippen molar-refractivity contribution in [1.82, 2.24) is 0 Å². The van der Waals surface area contributed by atoms with Gasteiger partial charge in [-0.1, -0.05) is 34.8 Å². The van der Waals surface area contributed by atoms with E-state index in [1.54, 1.807) is 18.2 Å². The molecule has 3 nitrogen and oxygen atoms in total. The van der Waals surface area contributed by atoms with Crippen LogP contribution in [0.2, 0.25) is 15.1 Å². The Kier molecular flexibility index (Phi) is 7.80. The van der Waals surface area contributed by atoms with Gasteiger partial charge in [-0.05, 0) is 90.6 Å². The molecule has 0 radical (unpaired) electrons. The molecule has 0 atom stereocenters. The van der Waals surface area contributed by atoms with Crippen molar-refractivity contribution < 1.29 is 8.78 Å². The highest BCUT2D eigenvalue weighted by Crippen LogP contribution is 2.38. The molecule has 3 aromatic rings. The maximum atomic E-state index is 14.6. The van der Waals surface area contributed by atoms with Crippen LogP contribution < -0.4 is 16.0 Å². The standard InChI is InChI=1S/C19H11Br3Cl3F2N3/c1-8-2-11(20)18(25)16(3-8)30(28-14-5-9(23)4-12(21)17(14)24)29-15-7-10(26)6-13(22)19(15)27/h2-7,28-29H,1H3. The number of hydrogen-bond donors (Lipinski definition) is 2. The minimum atomic E-state index is -0.690. The van der Waals surface area contributed by atoms with Crippen molar-refractivity contribution in [1.29, 1.82) is 0 Å². The third kappa shape index (κ3) is 5.34. The summed E-state index contributed by atoms with van der Waals surface area (Å²) in [5.41, 5.74) is 7.39. The van der Waals surface area contributed by atoms with Crippen molar-refractivity contribution in [2.75, 3.05) is 16.0 Å². The highest BCUT2D eigenvalue weighted by atomic mass is 79.9. The lowest BCUT2D eigenvalue weighted by Crippen LogP contribution is -2.36. The second-order valence-corrected chi connectivity index (χ2v) is 9.89. The lowest BCUT2D eigenvalue weighted by molar-refractivity contribution is 0.596. The summed E-state index contributed by atoms with van der Waals surface area (Å²) in [6, 6.07) is 8.84. The number of rotatable bonds is 5. The monoisotopic (exact) mass is 661 g/mol. The van der Waals surface area contributed by atoms with Gasteiger partial charge in [0.25, 0.3) is 0 Å². The first-order valence-corrected chi connectivity index (χ1v) is 11.7. The molecule has 0 aromatic heterocycles. The van der Waals surface area contributed by atoms with Crippen LogP contribution in [-0.2, 0) is 0 Å². The van der Waals surface area contributed by atoms with Crippen LogP contribution in [0.5, 0.6) is 0 Å². The highest BCUT2D eigenvalue weighted by Gasteiger charge is 2.19. The first kappa shape index (κ1) is 23.9. The van der Waals surface area contributed by atoms with Crippen LogP contribution >= 0.6 is 82.6 Å². The molecular formula is C19H11Br3Cl3F2N3. The molecule has 2 N–H and O–H groups in total. The van der Waals surface area contributed by atoms with E-state index in [1.807, 2.05) is 13.0 Å². The molecule has 0 saturated carbocycles. The quantitative estimate of drug-likeness (QED) is 0.210. The Morgan fingerprint density at radius 3 is 2.10 bits per heavy atom. The fourth-order valence-corrected chi connectivity index (χ4v) is 4.68. The first-order chi connectivity index (χ1) is 14.1.